The molecule has 37 heavy (non-hydrogen) atoms. The van der Waals surface area contributed by atoms with Crippen molar-refractivity contribution >= 4 is 5.97 Å². The molecule has 0 unspecified atom stereocenters. The van der Waals surface area contributed by atoms with E-state index in [4.69, 9.17) is 4.74 Å². The van der Waals surface area contributed by atoms with E-state index in [0.717, 1.165) is 64.2 Å². The summed E-state index contributed by atoms with van der Waals surface area (Å²) in [5.74, 6) is 0.615. The Morgan fingerprint density at radius 1 is 0.946 bits per heavy atom. The smallest absolute Gasteiger partial charge is 0.310 e. The second-order valence-electron chi connectivity index (χ2n) is 15.1. The van der Waals surface area contributed by atoms with Gasteiger partial charge in [0.25, 0.3) is 0 Å². The maximum absolute atomic E-state index is 12.8. The topological polar surface area (TPSA) is 66.8 Å². The SMILES string of the molecule is CC.CO[C@H]1CC[C@@]2(C)[C@@H](CC[C@]3(C)[C@@H]2CC=C2[C@@H]4CC(C)(C)CC[C@]4(C(=O)O)CC[C@]23C)[C@]1(C)CO. The highest BCUT2D eigenvalue weighted by Crippen LogP contribution is 2.75. The summed E-state index contributed by atoms with van der Waals surface area (Å²) in [7, 11) is 1.81. The zero-order valence-electron chi connectivity index (χ0n) is 25.4. The van der Waals surface area contributed by atoms with Crippen LogP contribution in [-0.4, -0.2) is 36.0 Å². The van der Waals surface area contributed by atoms with Crippen molar-refractivity contribution in [1.29, 1.82) is 0 Å². The maximum Gasteiger partial charge on any atom is 0.310 e. The molecule has 0 aromatic carbocycles. The number of carbonyl (C=O) groups is 1. The predicted molar refractivity (Wildman–Crippen MR) is 150 cm³/mol. The van der Waals surface area contributed by atoms with Gasteiger partial charge in [-0.25, -0.2) is 0 Å². The van der Waals surface area contributed by atoms with E-state index < -0.39 is 11.4 Å². The van der Waals surface area contributed by atoms with Gasteiger partial charge in [0.2, 0.25) is 0 Å². The molecule has 0 radical (unpaired) electrons. The molecule has 5 aliphatic rings. The van der Waals surface area contributed by atoms with Gasteiger partial charge in [-0.05, 0) is 104 Å². The number of aliphatic hydroxyl groups excluding tert-OH is 1. The van der Waals surface area contributed by atoms with E-state index in [1.165, 1.54) is 5.57 Å². The summed E-state index contributed by atoms with van der Waals surface area (Å²) in [6.07, 6.45) is 12.8. The summed E-state index contributed by atoms with van der Waals surface area (Å²) >= 11 is 0. The third-order valence-corrected chi connectivity index (χ3v) is 13.4. The normalized spacial score (nSPS) is 50.2. The zero-order chi connectivity index (χ0) is 27.7. The monoisotopic (exact) mass is 516 g/mol. The largest absolute Gasteiger partial charge is 0.481 e. The third-order valence-electron chi connectivity index (χ3n) is 13.4. The van der Waals surface area contributed by atoms with Gasteiger partial charge >= 0.3 is 5.97 Å². The van der Waals surface area contributed by atoms with Gasteiger partial charge in [0.15, 0.2) is 0 Å². The molecule has 212 valence electrons. The minimum absolute atomic E-state index is 0.0503. The number of aliphatic carboxylic acids is 1. The third kappa shape index (κ3) is 3.77. The second kappa shape index (κ2) is 9.36. The molecule has 0 saturated heterocycles. The Morgan fingerprint density at radius 2 is 1.59 bits per heavy atom. The lowest BCUT2D eigenvalue weighted by Gasteiger charge is -2.71. The minimum Gasteiger partial charge on any atom is -0.481 e. The molecule has 5 rings (SSSR count). The van der Waals surface area contributed by atoms with E-state index in [9.17, 15) is 15.0 Å². The molecule has 2 N–H and O–H groups in total. The van der Waals surface area contributed by atoms with Gasteiger partial charge in [-0.15, -0.1) is 0 Å². The molecule has 0 bridgehead atoms. The van der Waals surface area contributed by atoms with Crippen molar-refractivity contribution in [1.82, 2.24) is 0 Å². The van der Waals surface area contributed by atoms with Crippen LogP contribution >= 0.6 is 0 Å². The Kier molecular flexibility index (Phi) is 7.36. The molecule has 5 aliphatic carbocycles. The van der Waals surface area contributed by atoms with Crippen molar-refractivity contribution in [3.8, 4) is 0 Å². The van der Waals surface area contributed by atoms with Crippen LogP contribution in [0.4, 0.5) is 0 Å². The first-order chi connectivity index (χ1) is 17.2. The van der Waals surface area contributed by atoms with Gasteiger partial charge in [-0.2, -0.15) is 0 Å². The summed E-state index contributed by atoms with van der Waals surface area (Å²) < 4.78 is 5.94. The van der Waals surface area contributed by atoms with E-state index in [1.54, 1.807) is 0 Å². The summed E-state index contributed by atoms with van der Waals surface area (Å²) in [5.41, 5.74) is 1.29. The molecule has 4 nitrogen and oxygen atoms in total. The highest BCUT2D eigenvalue weighted by Gasteiger charge is 2.69. The first-order valence-corrected chi connectivity index (χ1v) is 15.3. The van der Waals surface area contributed by atoms with Crippen molar-refractivity contribution in [3.63, 3.8) is 0 Å². The molecule has 0 spiro atoms. The van der Waals surface area contributed by atoms with Gasteiger partial charge in [-0.3, -0.25) is 4.79 Å². The number of carboxylic acids is 1. The maximum atomic E-state index is 12.8. The van der Waals surface area contributed by atoms with Crippen LogP contribution in [-0.2, 0) is 9.53 Å². The number of methoxy groups -OCH3 is 1. The van der Waals surface area contributed by atoms with Gasteiger partial charge in [0.1, 0.15) is 0 Å². The number of rotatable bonds is 3. The van der Waals surface area contributed by atoms with E-state index in [2.05, 4.69) is 47.6 Å². The Labute approximate surface area is 227 Å². The summed E-state index contributed by atoms with van der Waals surface area (Å²) in [6.45, 7) is 18.7. The molecular weight excluding hydrogens is 460 g/mol. The van der Waals surface area contributed by atoms with Gasteiger partial charge in [-0.1, -0.05) is 67.0 Å². The number of ether oxygens (including phenoxy) is 1. The van der Waals surface area contributed by atoms with E-state index in [-0.39, 0.29) is 45.7 Å². The molecule has 4 saturated carbocycles. The fourth-order valence-corrected chi connectivity index (χ4v) is 11.0. The van der Waals surface area contributed by atoms with Crippen LogP contribution in [0, 0.1) is 50.2 Å². The standard InChI is InChI=1S/C31H50O4.C2H6/c1-26(2)14-16-31(25(33)34)17-15-29(5)20(21(31)18-26)8-9-23-27(3)12-11-24(35-7)28(4,19-32)22(27)10-13-30(23,29)6;1-2/h8,21-24,32H,9-19H2,1-7H3,(H,33,34);1-2H3/t21-,22+,23+,24-,27-,28-,29+,30+,31-;/m0./s1. The van der Waals surface area contributed by atoms with Crippen LogP contribution in [0.1, 0.15) is 120 Å². The summed E-state index contributed by atoms with van der Waals surface area (Å²) in [4.78, 5) is 12.8. The number of hydrogen-bond donors (Lipinski definition) is 2. The molecule has 9 atom stereocenters. The average molecular weight is 517 g/mol. The molecular formula is C33H56O4. The molecule has 4 heteroatoms. The molecule has 0 aromatic rings. The molecule has 0 aliphatic heterocycles. The molecule has 4 fully saturated rings. The summed E-state index contributed by atoms with van der Waals surface area (Å²) in [6, 6.07) is 0. The van der Waals surface area contributed by atoms with Crippen LogP contribution in [0.15, 0.2) is 11.6 Å². The highest BCUT2D eigenvalue weighted by atomic mass is 16.5. The van der Waals surface area contributed by atoms with Crippen molar-refractivity contribution in [2.75, 3.05) is 13.7 Å². The first-order valence-electron chi connectivity index (χ1n) is 15.3. The lowest BCUT2D eigenvalue weighted by atomic mass is 9.33. The first kappa shape index (κ1) is 29.1. The number of hydrogen-bond acceptors (Lipinski definition) is 3. The Morgan fingerprint density at radius 3 is 2.19 bits per heavy atom. The van der Waals surface area contributed by atoms with Crippen molar-refractivity contribution < 1.29 is 19.7 Å². The minimum atomic E-state index is -0.572. The van der Waals surface area contributed by atoms with Crippen molar-refractivity contribution in [2.24, 2.45) is 50.2 Å². The second-order valence-corrected chi connectivity index (χ2v) is 15.1. The lowest BCUT2D eigenvalue weighted by Crippen LogP contribution is -2.66. The van der Waals surface area contributed by atoms with Gasteiger partial charge in [0.05, 0.1) is 18.1 Å². The van der Waals surface area contributed by atoms with Crippen LogP contribution in [0.25, 0.3) is 0 Å². The molecule has 0 amide bonds. The van der Waals surface area contributed by atoms with E-state index in [0.29, 0.717) is 11.8 Å². The number of fused-ring (bicyclic) bond motifs is 7. The van der Waals surface area contributed by atoms with Crippen LogP contribution in [0.5, 0.6) is 0 Å². The Balaban J connectivity index is 0.00000156. The van der Waals surface area contributed by atoms with Crippen molar-refractivity contribution in [2.45, 2.75) is 126 Å². The average Bonchev–Trinajstić information content (AvgIpc) is 2.85. The lowest BCUT2D eigenvalue weighted by molar-refractivity contribution is -0.220. The van der Waals surface area contributed by atoms with Gasteiger partial charge in [0, 0.05) is 12.5 Å². The summed E-state index contributed by atoms with van der Waals surface area (Å²) in [5, 5.41) is 21.1. The Hall–Kier alpha value is -0.870. The number of carboxylic acid groups (broad SMARTS) is 1. The predicted octanol–water partition coefficient (Wildman–Crippen LogP) is 7.89. The van der Waals surface area contributed by atoms with Crippen LogP contribution in [0.2, 0.25) is 0 Å². The zero-order valence-corrected chi connectivity index (χ0v) is 25.4. The Bertz CT molecular complexity index is 923. The molecule has 0 heterocycles. The fraction of sp³-hybridized carbons (Fsp3) is 0.909. The van der Waals surface area contributed by atoms with Crippen LogP contribution in [0.3, 0.4) is 0 Å². The van der Waals surface area contributed by atoms with Gasteiger partial charge < -0.3 is 14.9 Å². The van der Waals surface area contributed by atoms with E-state index in [1.807, 2.05) is 21.0 Å². The van der Waals surface area contributed by atoms with Crippen molar-refractivity contribution in [3.05, 3.63) is 11.6 Å². The highest BCUT2D eigenvalue weighted by molar-refractivity contribution is 5.76. The van der Waals surface area contributed by atoms with E-state index >= 15 is 0 Å². The number of aliphatic hydroxyl groups is 1. The molecule has 0 aromatic heterocycles. The van der Waals surface area contributed by atoms with Crippen LogP contribution < -0.4 is 0 Å². The quantitative estimate of drug-likeness (QED) is 0.374. The fourth-order valence-electron chi connectivity index (χ4n) is 11.0. The number of allylic oxidation sites excluding steroid dienone is 2.